The number of alkyl halides is 3. The minimum absolute atomic E-state index is 0.0302. The fourth-order valence-corrected chi connectivity index (χ4v) is 2.45. The van der Waals surface area contributed by atoms with Crippen molar-refractivity contribution in [3.63, 3.8) is 0 Å². The third-order valence-electron chi connectivity index (χ3n) is 3.74. The molecule has 3 rings (SSSR count). The molecule has 138 valence electrons. The Morgan fingerprint density at radius 3 is 2.30 bits per heavy atom. The van der Waals surface area contributed by atoms with Gasteiger partial charge in [0, 0.05) is 0 Å². The second-order valence-corrected chi connectivity index (χ2v) is 5.60. The fourth-order valence-electron chi connectivity index (χ4n) is 2.45. The maximum atomic E-state index is 12.9. The summed E-state index contributed by atoms with van der Waals surface area (Å²) in [5, 5.41) is 11.2. The van der Waals surface area contributed by atoms with Crippen molar-refractivity contribution in [1.29, 1.82) is 0 Å². The topological polar surface area (TPSA) is 86.7 Å². The molecule has 0 unspecified atom stereocenters. The lowest BCUT2D eigenvalue weighted by Gasteiger charge is -2.26. The molecule has 1 heterocycles. The molecule has 0 saturated carbocycles. The third kappa shape index (κ3) is 3.66. The zero-order valence-corrected chi connectivity index (χ0v) is 13.4. The van der Waals surface area contributed by atoms with Gasteiger partial charge in [-0.15, -0.1) is 0 Å². The summed E-state index contributed by atoms with van der Waals surface area (Å²) in [6.07, 6.45) is -3.49. The van der Waals surface area contributed by atoms with Crippen LogP contribution in [0.3, 0.4) is 0 Å². The molecular weight excluding hydrogens is 365 g/mol. The first-order valence-corrected chi connectivity index (χ1v) is 7.54. The number of phenols is 1. The predicted octanol–water partition coefficient (Wildman–Crippen LogP) is 3.08. The number of hydrogen-bond donors (Lipinski definition) is 2. The smallest absolute Gasteiger partial charge is 0.416 e. The highest BCUT2D eigenvalue weighted by atomic mass is 19.4. The highest BCUT2D eigenvalue weighted by molar-refractivity contribution is 6.39. The average molecular weight is 376 g/mol. The lowest BCUT2D eigenvalue weighted by Crippen LogP contribution is -2.54. The van der Waals surface area contributed by atoms with Gasteiger partial charge in [0.15, 0.2) is 0 Å². The molecule has 9 heteroatoms. The van der Waals surface area contributed by atoms with Crippen molar-refractivity contribution in [2.75, 3.05) is 4.90 Å². The summed E-state index contributed by atoms with van der Waals surface area (Å²) in [4.78, 5) is 37.1. The quantitative estimate of drug-likeness (QED) is 0.623. The molecule has 1 saturated heterocycles. The van der Waals surface area contributed by atoms with Crippen LogP contribution in [-0.2, 0) is 15.8 Å². The van der Waals surface area contributed by atoms with Gasteiger partial charge in [0.05, 0.1) is 11.3 Å². The van der Waals surface area contributed by atoms with Gasteiger partial charge in [0.1, 0.15) is 11.3 Å². The van der Waals surface area contributed by atoms with Crippen LogP contribution in [0.2, 0.25) is 0 Å². The van der Waals surface area contributed by atoms with E-state index in [1.54, 1.807) is 0 Å². The highest BCUT2D eigenvalue weighted by Crippen LogP contribution is 2.32. The summed E-state index contributed by atoms with van der Waals surface area (Å²) in [5.74, 6) is -2.06. The third-order valence-corrected chi connectivity index (χ3v) is 3.74. The van der Waals surface area contributed by atoms with E-state index >= 15 is 0 Å². The lowest BCUT2D eigenvalue weighted by atomic mass is 10.1. The van der Waals surface area contributed by atoms with E-state index in [1.165, 1.54) is 30.3 Å². The first-order chi connectivity index (χ1) is 12.7. The largest absolute Gasteiger partial charge is 0.508 e. The van der Waals surface area contributed by atoms with Gasteiger partial charge in [-0.2, -0.15) is 13.2 Å². The van der Waals surface area contributed by atoms with Crippen LogP contribution < -0.4 is 10.2 Å². The van der Waals surface area contributed by atoms with Crippen LogP contribution in [0.5, 0.6) is 5.75 Å². The van der Waals surface area contributed by atoms with E-state index in [9.17, 15) is 32.7 Å². The van der Waals surface area contributed by atoms with Gasteiger partial charge in [0.2, 0.25) is 0 Å². The number of carbonyl (C=O) groups excluding carboxylic acids is 3. The number of hydrogen-bond acceptors (Lipinski definition) is 4. The molecule has 6 nitrogen and oxygen atoms in total. The van der Waals surface area contributed by atoms with E-state index in [0.29, 0.717) is 16.5 Å². The number of nitrogens with zero attached hydrogens (tertiary/aromatic N) is 1. The zero-order valence-electron chi connectivity index (χ0n) is 13.4. The van der Waals surface area contributed by atoms with Crippen molar-refractivity contribution in [1.82, 2.24) is 5.32 Å². The molecule has 2 N–H and O–H groups in total. The minimum Gasteiger partial charge on any atom is -0.508 e. The minimum atomic E-state index is -4.66. The van der Waals surface area contributed by atoms with Gasteiger partial charge in [-0.05, 0) is 42.0 Å². The molecule has 1 fully saturated rings. The number of carbonyl (C=O) groups is 3. The number of benzene rings is 2. The molecule has 0 spiro atoms. The van der Waals surface area contributed by atoms with Crippen LogP contribution in [0.25, 0.3) is 6.08 Å². The number of aromatic hydroxyl groups is 1. The second-order valence-electron chi connectivity index (χ2n) is 5.60. The molecule has 2 aromatic rings. The number of rotatable bonds is 2. The summed E-state index contributed by atoms with van der Waals surface area (Å²) in [6.45, 7) is 0. The Morgan fingerprint density at radius 2 is 1.67 bits per heavy atom. The molecule has 2 aromatic carbocycles. The van der Waals surface area contributed by atoms with Crippen LogP contribution in [0.15, 0.2) is 54.1 Å². The van der Waals surface area contributed by atoms with E-state index in [0.717, 1.165) is 18.2 Å². The van der Waals surface area contributed by atoms with Gasteiger partial charge in [-0.25, -0.2) is 9.69 Å². The van der Waals surface area contributed by atoms with Crippen molar-refractivity contribution in [2.24, 2.45) is 0 Å². The number of nitrogens with one attached hydrogen (secondary N) is 1. The standard InChI is InChI=1S/C18H11F3N2O4/c19-18(20,21)11-2-1-3-12(9-11)23-16(26)14(15(25)22-17(23)27)8-10-4-6-13(24)7-5-10/h1-9,24H,(H,22,25,27). The summed E-state index contributed by atoms with van der Waals surface area (Å²) in [6, 6.07) is 8.01. The molecule has 4 amide bonds. The van der Waals surface area contributed by atoms with Crippen LogP contribution in [0.4, 0.5) is 23.7 Å². The van der Waals surface area contributed by atoms with Gasteiger partial charge in [-0.3, -0.25) is 14.9 Å². The van der Waals surface area contributed by atoms with Crippen molar-refractivity contribution < 1.29 is 32.7 Å². The number of amides is 4. The van der Waals surface area contributed by atoms with Gasteiger partial charge >= 0.3 is 12.2 Å². The van der Waals surface area contributed by atoms with Crippen molar-refractivity contribution >= 4 is 29.6 Å². The Kier molecular flexibility index (Phi) is 4.44. The van der Waals surface area contributed by atoms with E-state index in [-0.39, 0.29) is 11.4 Å². The molecule has 0 atom stereocenters. The number of barbiturate groups is 1. The molecule has 0 bridgehead atoms. The number of imide groups is 2. The van der Waals surface area contributed by atoms with E-state index < -0.39 is 35.2 Å². The van der Waals surface area contributed by atoms with Gasteiger partial charge < -0.3 is 5.11 Å². The first-order valence-electron chi connectivity index (χ1n) is 7.54. The lowest BCUT2D eigenvalue weighted by molar-refractivity contribution is -0.137. The summed E-state index contributed by atoms with van der Waals surface area (Å²) >= 11 is 0. The number of anilines is 1. The molecule has 0 aromatic heterocycles. The van der Waals surface area contributed by atoms with E-state index in [4.69, 9.17) is 0 Å². The molecular formula is C18H11F3N2O4. The SMILES string of the molecule is O=C1NC(=O)N(c2cccc(C(F)(F)F)c2)C(=O)C1=Cc1ccc(O)cc1. The van der Waals surface area contributed by atoms with Gasteiger partial charge in [0.25, 0.3) is 11.8 Å². The molecule has 0 aliphatic carbocycles. The first kappa shape index (κ1) is 18.2. The van der Waals surface area contributed by atoms with Crippen molar-refractivity contribution in [3.05, 3.63) is 65.2 Å². The summed E-state index contributed by atoms with van der Waals surface area (Å²) < 4.78 is 38.7. The maximum absolute atomic E-state index is 12.9. The maximum Gasteiger partial charge on any atom is 0.416 e. The van der Waals surface area contributed by atoms with Gasteiger partial charge in [-0.1, -0.05) is 18.2 Å². The number of phenolic OH excluding ortho intramolecular Hbond substituents is 1. The van der Waals surface area contributed by atoms with Crippen LogP contribution in [0.1, 0.15) is 11.1 Å². The fraction of sp³-hybridized carbons (Fsp3) is 0.0556. The summed E-state index contributed by atoms with van der Waals surface area (Å²) in [7, 11) is 0. The highest BCUT2D eigenvalue weighted by Gasteiger charge is 2.38. The van der Waals surface area contributed by atoms with E-state index in [1.807, 2.05) is 5.32 Å². The normalized spacial score (nSPS) is 16.6. The van der Waals surface area contributed by atoms with Crippen LogP contribution in [-0.4, -0.2) is 23.0 Å². The molecule has 0 radical (unpaired) electrons. The van der Waals surface area contributed by atoms with Crippen LogP contribution >= 0.6 is 0 Å². The van der Waals surface area contributed by atoms with Crippen molar-refractivity contribution in [2.45, 2.75) is 6.18 Å². The Bertz CT molecular complexity index is 965. The molecule has 1 aliphatic heterocycles. The Balaban J connectivity index is 2.02. The number of urea groups is 1. The Hall–Kier alpha value is -3.62. The van der Waals surface area contributed by atoms with Crippen molar-refractivity contribution in [3.8, 4) is 5.75 Å². The Labute approximate surface area is 150 Å². The predicted molar refractivity (Wildman–Crippen MR) is 88.6 cm³/mol. The molecule has 27 heavy (non-hydrogen) atoms. The monoisotopic (exact) mass is 376 g/mol. The summed E-state index contributed by atoms with van der Waals surface area (Å²) in [5.41, 5.74) is -1.42. The molecule has 1 aliphatic rings. The zero-order chi connectivity index (χ0) is 19.8. The second kappa shape index (κ2) is 6.60. The van der Waals surface area contributed by atoms with E-state index in [2.05, 4.69) is 0 Å². The average Bonchev–Trinajstić information content (AvgIpc) is 2.59. The van der Waals surface area contributed by atoms with Crippen LogP contribution in [0, 0.1) is 0 Å². The number of halogens is 3. The Morgan fingerprint density at radius 1 is 1.00 bits per heavy atom.